The minimum Gasteiger partial charge on any atom is -0.466 e. The van der Waals surface area contributed by atoms with Crippen molar-refractivity contribution >= 4 is 11.9 Å². The molecule has 4 nitrogen and oxygen atoms in total. The molecular weight excluding hydrogens is 304 g/mol. The summed E-state index contributed by atoms with van der Waals surface area (Å²) in [6.07, 6.45) is 13.6. The van der Waals surface area contributed by atoms with Gasteiger partial charge in [-0.1, -0.05) is 45.4 Å². The number of esters is 2. The smallest absolute Gasteiger partial charge is 0.306 e. The van der Waals surface area contributed by atoms with Crippen molar-refractivity contribution in [1.82, 2.24) is 0 Å². The maximum absolute atomic E-state index is 11.9. The largest absolute Gasteiger partial charge is 0.466 e. The van der Waals surface area contributed by atoms with E-state index in [-0.39, 0.29) is 30.9 Å². The van der Waals surface area contributed by atoms with E-state index in [9.17, 15) is 9.59 Å². The summed E-state index contributed by atoms with van der Waals surface area (Å²) in [6.45, 7) is 2.70. The number of unbranched alkanes of at least 4 members (excludes halogenated alkanes) is 6. The monoisotopic (exact) mass is 338 g/mol. The number of carbonyl (C=O) groups is 2. The molecule has 0 radical (unpaired) electrons. The van der Waals surface area contributed by atoms with Gasteiger partial charge in [-0.2, -0.15) is 0 Å². The third-order valence-corrected chi connectivity index (χ3v) is 5.50. The molecular formula is C20H34O4. The Morgan fingerprint density at radius 3 is 2.25 bits per heavy atom. The molecule has 24 heavy (non-hydrogen) atoms. The lowest BCUT2D eigenvalue weighted by Gasteiger charge is -2.21. The van der Waals surface area contributed by atoms with E-state index in [0.717, 1.165) is 25.2 Å². The number of carbonyl (C=O) groups excluding carboxylic acids is 2. The van der Waals surface area contributed by atoms with Crippen LogP contribution in [-0.2, 0) is 19.1 Å². The Bertz CT molecular complexity index is 393. The molecule has 3 atom stereocenters. The van der Waals surface area contributed by atoms with E-state index in [1.54, 1.807) is 0 Å². The van der Waals surface area contributed by atoms with Crippen LogP contribution < -0.4 is 0 Å². The lowest BCUT2D eigenvalue weighted by atomic mass is 9.98. The van der Waals surface area contributed by atoms with Gasteiger partial charge < -0.3 is 9.47 Å². The molecule has 0 N–H and O–H groups in total. The summed E-state index contributed by atoms with van der Waals surface area (Å²) in [5.41, 5.74) is 0. The zero-order valence-corrected chi connectivity index (χ0v) is 15.3. The molecule has 0 saturated heterocycles. The predicted octanol–water partition coefficient (Wildman–Crippen LogP) is 4.79. The first-order chi connectivity index (χ1) is 11.7. The highest BCUT2D eigenvalue weighted by atomic mass is 16.5. The average Bonchev–Trinajstić information content (AvgIpc) is 3.18. The molecule has 0 heterocycles. The molecule has 3 unspecified atom stereocenters. The third-order valence-electron chi connectivity index (χ3n) is 5.50. The molecule has 2 aliphatic carbocycles. The van der Waals surface area contributed by atoms with Gasteiger partial charge in [0.2, 0.25) is 0 Å². The van der Waals surface area contributed by atoms with E-state index in [0.29, 0.717) is 12.5 Å². The molecule has 2 saturated carbocycles. The molecule has 0 amide bonds. The second kappa shape index (κ2) is 10.7. The van der Waals surface area contributed by atoms with Crippen LogP contribution in [-0.4, -0.2) is 24.6 Å². The van der Waals surface area contributed by atoms with Gasteiger partial charge in [-0.05, 0) is 43.9 Å². The second-order valence-electron chi connectivity index (χ2n) is 7.54. The maximum atomic E-state index is 11.9. The van der Waals surface area contributed by atoms with Crippen LogP contribution in [0.15, 0.2) is 0 Å². The van der Waals surface area contributed by atoms with E-state index in [1.165, 1.54) is 51.4 Å². The van der Waals surface area contributed by atoms with Crippen molar-refractivity contribution in [1.29, 1.82) is 0 Å². The van der Waals surface area contributed by atoms with Crippen molar-refractivity contribution < 1.29 is 19.1 Å². The Morgan fingerprint density at radius 2 is 1.58 bits per heavy atom. The fourth-order valence-electron chi connectivity index (χ4n) is 4.08. The van der Waals surface area contributed by atoms with Crippen LogP contribution in [0.4, 0.5) is 0 Å². The van der Waals surface area contributed by atoms with Crippen LogP contribution in [0, 0.1) is 11.8 Å². The molecule has 0 spiro atoms. The highest BCUT2D eigenvalue weighted by Crippen LogP contribution is 2.45. The van der Waals surface area contributed by atoms with Crippen LogP contribution in [0.5, 0.6) is 0 Å². The number of hydrogen-bond donors (Lipinski definition) is 0. The van der Waals surface area contributed by atoms with Crippen molar-refractivity contribution in [3.8, 4) is 0 Å². The van der Waals surface area contributed by atoms with Gasteiger partial charge in [0.15, 0.2) is 0 Å². The van der Waals surface area contributed by atoms with Crippen LogP contribution in [0.2, 0.25) is 0 Å². The zero-order chi connectivity index (χ0) is 17.2. The minimum absolute atomic E-state index is 0.111. The average molecular weight is 338 g/mol. The normalized spacial score (nSPS) is 25.0. The summed E-state index contributed by atoms with van der Waals surface area (Å²) >= 11 is 0. The van der Waals surface area contributed by atoms with E-state index in [4.69, 9.17) is 9.47 Å². The summed E-state index contributed by atoms with van der Waals surface area (Å²) in [5.74, 6) is 0.828. The molecule has 138 valence electrons. The second-order valence-corrected chi connectivity index (χ2v) is 7.54. The number of ether oxygens (including phenoxy) is 2. The van der Waals surface area contributed by atoms with Gasteiger partial charge in [-0.25, -0.2) is 0 Å². The van der Waals surface area contributed by atoms with Gasteiger partial charge >= 0.3 is 11.9 Å². The van der Waals surface area contributed by atoms with Crippen molar-refractivity contribution in [3.63, 3.8) is 0 Å². The first-order valence-corrected chi connectivity index (χ1v) is 10.0. The molecule has 4 heteroatoms. The minimum atomic E-state index is -0.272. The van der Waals surface area contributed by atoms with E-state index >= 15 is 0 Å². The molecule has 0 aromatic carbocycles. The Labute approximate surface area is 146 Å². The quantitative estimate of drug-likeness (QED) is 0.379. The van der Waals surface area contributed by atoms with Crippen LogP contribution in [0.25, 0.3) is 0 Å². The van der Waals surface area contributed by atoms with Gasteiger partial charge in [0.25, 0.3) is 0 Å². The molecule has 2 aliphatic rings. The highest BCUT2D eigenvalue weighted by Gasteiger charge is 2.41. The first kappa shape index (κ1) is 19.3. The Kier molecular flexibility index (Phi) is 8.62. The molecule has 0 aliphatic heterocycles. The maximum Gasteiger partial charge on any atom is 0.306 e. The van der Waals surface area contributed by atoms with E-state index in [1.807, 2.05) is 0 Å². The SMILES string of the molecule is CCCCCCCCCOC(=O)CCC(=O)OC1CC2CCC1C2. The third kappa shape index (κ3) is 6.82. The summed E-state index contributed by atoms with van der Waals surface area (Å²) in [5, 5.41) is 0. The Balaban J connectivity index is 1.42. The lowest BCUT2D eigenvalue weighted by molar-refractivity contribution is -0.155. The van der Waals surface area contributed by atoms with Crippen molar-refractivity contribution in [2.75, 3.05) is 6.61 Å². The van der Waals surface area contributed by atoms with Crippen LogP contribution >= 0.6 is 0 Å². The summed E-state index contributed by atoms with van der Waals surface area (Å²) in [7, 11) is 0. The van der Waals surface area contributed by atoms with Crippen molar-refractivity contribution in [2.45, 2.75) is 96.5 Å². The van der Waals surface area contributed by atoms with E-state index in [2.05, 4.69) is 6.92 Å². The summed E-state index contributed by atoms with van der Waals surface area (Å²) in [4.78, 5) is 23.5. The number of rotatable bonds is 12. The Morgan fingerprint density at radius 1 is 0.875 bits per heavy atom. The predicted molar refractivity (Wildman–Crippen MR) is 93.5 cm³/mol. The molecule has 0 aromatic heterocycles. The Hall–Kier alpha value is -1.06. The van der Waals surface area contributed by atoms with Gasteiger partial charge in [-0.15, -0.1) is 0 Å². The fraction of sp³-hybridized carbons (Fsp3) is 0.900. The van der Waals surface area contributed by atoms with Crippen LogP contribution in [0.1, 0.15) is 90.4 Å². The van der Waals surface area contributed by atoms with Gasteiger partial charge in [0, 0.05) is 0 Å². The van der Waals surface area contributed by atoms with Crippen LogP contribution in [0.3, 0.4) is 0 Å². The number of fused-ring (bicyclic) bond motifs is 2. The highest BCUT2D eigenvalue weighted by molar-refractivity contribution is 5.77. The topological polar surface area (TPSA) is 52.6 Å². The molecule has 2 fully saturated rings. The van der Waals surface area contributed by atoms with Gasteiger partial charge in [0.1, 0.15) is 6.10 Å². The summed E-state index contributed by atoms with van der Waals surface area (Å²) < 4.78 is 10.7. The first-order valence-electron chi connectivity index (χ1n) is 10.0. The molecule has 2 rings (SSSR count). The van der Waals surface area contributed by atoms with Gasteiger partial charge in [0.05, 0.1) is 19.4 Å². The van der Waals surface area contributed by atoms with E-state index < -0.39 is 0 Å². The lowest BCUT2D eigenvalue weighted by Crippen LogP contribution is -2.24. The van der Waals surface area contributed by atoms with Crippen molar-refractivity contribution in [3.05, 3.63) is 0 Å². The molecule has 0 aromatic rings. The van der Waals surface area contributed by atoms with Crippen molar-refractivity contribution in [2.24, 2.45) is 11.8 Å². The summed E-state index contributed by atoms with van der Waals surface area (Å²) in [6, 6.07) is 0. The fourth-order valence-corrected chi connectivity index (χ4v) is 4.08. The standard InChI is InChI=1S/C20H34O4/c1-2-3-4-5-6-7-8-13-23-19(21)11-12-20(22)24-18-15-16-9-10-17(18)14-16/h16-18H,2-15H2,1H3. The zero-order valence-electron chi connectivity index (χ0n) is 15.3. The molecule has 2 bridgehead atoms. The van der Waals surface area contributed by atoms with Gasteiger partial charge in [-0.3, -0.25) is 9.59 Å². The number of hydrogen-bond acceptors (Lipinski definition) is 4.